The molecule has 0 spiro atoms. The van der Waals surface area contributed by atoms with Crippen LogP contribution in [0, 0.1) is 5.92 Å². The molecule has 1 aliphatic heterocycles. The van der Waals surface area contributed by atoms with E-state index in [1.54, 1.807) is 0 Å². The second-order valence-electron chi connectivity index (χ2n) is 3.66. The molecule has 2 nitrogen and oxygen atoms in total. The summed E-state index contributed by atoms with van der Waals surface area (Å²) in [5.41, 5.74) is 0. The van der Waals surface area contributed by atoms with Crippen molar-refractivity contribution in [3.8, 4) is 0 Å². The molecular weight excluding hydrogens is 150 g/mol. The molecule has 2 heteroatoms. The lowest BCUT2D eigenvalue weighted by Gasteiger charge is -2.31. The fraction of sp³-hybridized carbons (Fsp3) is 1.00. The normalized spacial score (nSPS) is 30.5. The monoisotopic (exact) mass is 171 g/mol. The van der Waals surface area contributed by atoms with Gasteiger partial charge in [0.1, 0.15) is 0 Å². The van der Waals surface area contributed by atoms with Crippen molar-refractivity contribution >= 4 is 0 Å². The van der Waals surface area contributed by atoms with Crippen LogP contribution in [-0.4, -0.2) is 26.3 Å². The minimum absolute atomic E-state index is 0.699. The predicted octanol–water partition coefficient (Wildman–Crippen LogP) is 1.80. The molecule has 0 bridgehead atoms. The molecule has 12 heavy (non-hydrogen) atoms. The van der Waals surface area contributed by atoms with Gasteiger partial charge < -0.3 is 10.1 Å². The van der Waals surface area contributed by atoms with E-state index in [2.05, 4.69) is 19.3 Å². The largest absolute Gasteiger partial charge is 0.381 e. The van der Waals surface area contributed by atoms with Gasteiger partial charge in [-0.15, -0.1) is 0 Å². The second kappa shape index (κ2) is 5.55. The molecule has 1 N–H and O–H groups in total. The lowest BCUT2D eigenvalue weighted by molar-refractivity contribution is 0.0300. The van der Waals surface area contributed by atoms with Gasteiger partial charge in [0.25, 0.3) is 0 Å². The van der Waals surface area contributed by atoms with Crippen LogP contribution in [0.3, 0.4) is 0 Å². The van der Waals surface area contributed by atoms with Crippen molar-refractivity contribution < 1.29 is 4.74 Å². The molecule has 0 aliphatic carbocycles. The summed E-state index contributed by atoms with van der Waals surface area (Å²) >= 11 is 0. The zero-order valence-electron chi connectivity index (χ0n) is 8.31. The van der Waals surface area contributed by atoms with Gasteiger partial charge in [-0.2, -0.15) is 0 Å². The van der Waals surface area contributed by atoms with Crippen molar-refractivity contribution in [3.05, 3.63) is 0 Å². The first-order chi connectivity index (χ1) is 5.88. The molecule has 0 saturated carbocycles. The van der Waals surface area contributed by atoms with Gasteiger partial charge in [0, 0.05) is 12.6 Å². The van der Waals surface area contributed by atoms with Gasteiger partial charge in [-0.05, 0) is 25.8 Å². The minimum atomic E-state index is 0.699. The molecule has 0 aromatic heterocycles. The lowest BCUT2D eigenvalue weighted by Crippen LogP contribution is -2.40. The Hall–Kier alpha value is -0.0800. The van der Waals surface area contributed by atoms with Crippen molar-refractivity contribution in [1.29, 1.82) is 0 Å². The van der Waals surface area contributed by atoms with E-state index >= 15 is 0 Å². The van der Waals surface area contributed by atoms with Crippen LogP contribution in [0.5, 0.6) is 0 Å². The van der Waals surface area contributed by atoms with E-state index in [1.165, 1.54) is 25.7 Å². The maximum absolute atomic E-state index is 5.47. The van der Waals surface area contributed by atoms with E-state index in [1.807, 2.05) is 0 Å². The Morgan fingerprint density at radius 1 is 1.50 bits per heavy atom. The maximum atomic E-state index is 5.47. The van der Waals surface area contributed by atoms with Gasteiger partial charge in [-0.25, -0.2) is 0 Å². The third-order valence-corrected chi connectivity index (χ3v) is 2.77. The maximum Gasteiger partial charge on any atom is 0.0509 e. The van der Waals surface area contributed by atoms with Gasteiger partial charge in [-0.3, -0.25) is 0 Å². The van der Waals surface area contributed by atoms with E-state index in [-0.39, 0.29) is 0 Å². The predicted molar refractivity (Wildman–Crippen MR) is 51.3 cm³/mol. The molecule has 1 saturated heterocycles. The van der Waals surface area contributed by atoms with Crippen LogP contribution in [0.1, 0.15) is 32.6 Å². The van der Waals surface area contributed by atoms with Crippen molar-refractivity contribution in [1.82, 2.24) is 5.32 Å². The molecule has 1 aliphatic rings. The van der Waals surface area contributed by atoms with Gasteiger partial charge >= 0.3 is 0 Å². The quantitative estimate of drug-likeness (QED) is 0.696. The van der Waals surface area contributed by atoms with Crippen LogP contribution in [0.2, 0.25) is 0 Å². The average molecular weight is 171 g/mol. The third kappa shape index (κ3) is 2.76. The van der Waals surface area contributed by atoms with Crippen LogP contribution < -0.4 is 5.32 Å². The third-order valence-electron chi connectivity index (χ3n) is 2.77. The Morgan fingerprint density at radius 3 is 3.00 bits per heavy atom. The van der Waals surface area contributed by atoms with Crippen LogP contribution >= 0.6 is 0 Å². The summed E-state index contributed by atoms with van der Waals surface area (Å²) in [6.45, 7) is 4.15. The van der Waals surface area contributed by atoms with Crippen molar-refractivity contribution in [3.63, 3.8) is 0 Å². The number of unbranched alkanes of at least 4 members (excludes halogenated alkanes) is 1. The highest BCUT2D eigenvalue weighted by molar-refractivity contribution is 4.78. The molecule has 2 atom stereocenters. The Bertz CT molecular complexity index is 116. The summed E-state index contributed by atoms with van der Waals surface area (Å²) in [6, 6.07) is 0.699. The topological polar surface area (TPSA) is 21.3 Å². The van der Waals surface area contributed by atoms with E-state index in [9.17, 15) is 0 Å². The van der Waals surface area contributed by atoms with E-state index in [0.717, 1.165) is 19.1 Å². The fourth-order valence-corrected chi connectivity index (χ4v) is 1.93. The molecule has 1 rings (SSSR count). The molecule has 72 valence electrons. The highest BCUT2D eigenvalue weighted by atomic mass is 16.5. The summed E-state index contributed by atoms with van der Waals surface area (Å²) in [7, 11) is 2.06. The Kier molecular flexibility index (Phi) is 4.62. The fourth-order valence-electron chi connectivity index (χ4n) is 1.93. The molecule has 0 aromatic rings. The SMILES string of the molecule is CCCCC1COCCC1NC. The van der Waals surface area contributed by atoms with Crippen molar-refractivity contribution in [2.24, 2.45) is 5.92 Å². The van der Waals surface area contributed by atoms with Gasteiger partial charge in [0.15, 0.2) is 0 Å². The van der Waals surface area contributed by atoms with Crippen LogP contribution in [0.15, 0.2) is 0 Å². The number of rotatable bonds is 4. The zero-order valence-corrected chi connectivity index (χ0v) is 8.31. The Labute approximate surface area is 75.7 Å². The molecule has 0 radical (unpaired) electrons. The van der Waals surface area contributed by atoms with E-state index in [0.29, 0.717) is 6.04 Å². The van der Waals surface area contributed by atoms with Crippen molar-refractivity contribution in [2.75, 3.05) is 20.3 Å². The van der Waals surface area contributed by atoms with Crippen LogP contribution in [0.25, 0.3) is 0 Å². The standard InChI is InChI=1S/C10H21NO/c1-3-4-5-9-8-12-7-6-10(9)11-2/h9-11H,3-8H2,1-2H3. The summed E-state index contributed by atoms with van der Waals surface area (Å²) in [5.74, 6) is 0.753. The average Bonchev–Trinajstić information content (AvgIpc) is 2.15. The van der Waals surface area contributed by atoms with Gasteiger partial charge in [-0.1, -0.05) is 19.8 Å². The molecule has 0 aromatic carbocycles. The first-order valence-electron chi connectivity index (χ1n) is 5.13. The molecular formula is C10H21NO. The second-order valence-corrected chi connectivity index (χ2v) is 3.66. The lowest BCUT2D eigenvalue weighted by atomic mass is 9.91. The summed E-state index contributed by atoms with van der Waals surface area (Å²) in [4.78, 5) is 0. The van der Waals surface area contributed by atoms with E-state index < -0.39 is 0 Å². The number of ether oxygens (including phenoxy) is 1. The molecule has 0 amide bonds. The molecule has 1 heterocycles. The summed E-state index contributed by atoms with van der Waals surface area (Å²) < 4.78 is 5.47. The zero-order chi connectivity index (χ0) is 8.81. The number of hydrogen-bond acceptors (Lipinski definition) is 2. The summed E-state index contributed by atoms with van der Waals surface area (Å²) in [5, 5.41) is 3.38. The van der Waals surface area contributed by atoms with Crippen LogP contribution in [0.4, 0.5) is 0 Å². The Balaban J connectivity index is 2.26. The Morgan fingerprint density at radius 2 is 2.33 bits per heavy atom. The minimum Gasteiger partial charge on any atom is -0.381 e. The smallest absolute Gasteiger partial charge is 0.0509 e. The van der Waals surface area contributed by atoms with Gasteiger partial charge in [0.2, 0.25) is 0 Å². The first kappa shape index (κ1) is 10.0. The first-order valence-corrected chi connectivity index (χ1v) is 5.13. The highest BCUT2D eigenvalue weighted by Crippen LogP contribution is 2.19. The van der Waals surface area contributed by atoms with Crippen molar-refractivity contribution in [2.45, 2.75) is 38.6 Å². The molecule has 1 fully saturated rings. The van der Waals surface area contributed by atoms with Gasteiger partial charge in [0.05, 0.1) is 6.61 Å². The van der Waals surface area contributed by atoms with E-state index in [4.69, 9.17) is 4.74 Å². The summed E-state index contributed by atoms with van der Waals surface area (Å²) in [6.07, 6.45) is 5.14. The highest BCUT2D eigenvalue weighted by Gasteiger charge is 2.23. The molecule has 2 unspecified atom stereocenters. The van der Waals surface area contributed by atoms with Crippen LogP contribution in [-0.2, 0) is 4.74 Å². The number of nitrogens with one attached hydrogen (secondary N) is 1. The number of hydrogen-bond donors (Lipinski definition) is 1.